The smallest absolute Gasteiger partial charge is 0.338 e. The van der Waals surface area contributed by atoms with Crippen LogP contribution in [-0.4, -0.2) is 31.6 Å². The molecule has 0 saturated heterocycles. The standard InChI is InChI=1S/C22H25NO5/c1-15(17-8-9-17)23-21(24)14-28-22(25)18-10-11-19(20(12-18)26-2)27-13-16-6-4-3-5-7-16/h3-7,10-12,15,17H,8-9,13-14H2,1-2H3,(H,23,24)/t15-/m1/s1. The van der Waals surface area contributed by atoms with Crippen molar-refractivity contribution >= 4 is 11.9 Å². The molecule has 0 aliphatic heterocycles. The van der Waals surface area contributed by atoms with Gasteiger partial charge in [-0.15, -0.1) is 0 Å². The summed E-state index contributed by atoms with van der Waals surface area (Å²) in [6.45, 7) is 2.06. The number of methoxy groups -OCH3 is 1. The summed E-state index contributed by atoms with van der Waals surface area (Å²) in [5.74, 6) is 0.632. The van der Waals surface area contributed by atoms with E-state index in [4.69, 9.17) is 14.2 Å². The maximum atomic E-state index is 12.2. The quantitative estimate of drug-likeness (QED) is 0.672. The molecule has 1 atom stereocenters. The third-order valence-electron chi connectivity index (χ3n) is 4.69. The van der Waals surface area contributed by atoms with E-state index in [1.165, 1.54) is 7.11 Å². The van der Waals surface area contributed by atoms with Crippen LogP contribution in [0.5, 0.6) is 11.5 Å². The van der Waals surface area contributed by atoms with Gasteiger partial charge in [0.2, 0.25) is 0 Å². The summed E-state index contributed by atoms with van der Waals surface area (Å²) < 4.78 is 16.2. The van der Waals surface area contributed by atoms with Crippen molar-refractivity contribution in [2.45, 2.75) is 32.4 Å². The second-order valence-corrected chi connectivity index (χ2v) is 6.91. The van der Waals surface area contributed by atoms with E-state index in [1.807, 2.05) is 37.3 Å². The summed E-state index contributed by atoms with van der Waals surface area (Å²) in [7, 11) is 1.51. The second-order valence-electron chi connectivity index (χ2n) is 6.91. The third kappa shape index (κ3) is 5.49. The highest BCUT2D eigenvalue weighted by molar-refractivity contribution is 5.92. The number of carbonyl (C=O) groups excluding carboxylic acids is 2. The minimum Gasteiger partial charge on any atom is -0.493 e. The first-order valence-corrected chi connectivity index (χ1v) is 9.38. The van der Waals surface area contributed by atoms with Crippen LogP contribution in [0.1, 0.15) is 35.7 Å². The first-order chi connectivity index (χ1) is 13.6. The Kier molecular flexibility index (Phi) is 6.53. The van der Waals surface area contributed by atoms with Crippen molar-refractivity contribution in [1.29, 1.82) is 0 Å². The van der Waals surface area contributed by atoms with E-state index < -0.39 is 5.97 Å². The largest absolute Gasteiger partial charge is 0.493 e. The van der Waals surface area contributed by atoms with Gasteiger partial charge in [0, 0.05) is 6.04 Å². The van der Waals surface area contributed by atoms with Crippen LogP contribution in [0.15, 0.2) is 48.5 Å². The zero-order valence-electron chi connectivity index (χ0n) is 16.1. The fraction of sp³-hybridized carbons (Fsp3) is 0.364. The van der Waals surface area contributed by atoms with Crippen LogP contribution < -0.4 is 14.8 Å². The number of nitrogens with one attached hydrogen (secondary N) is 1. The van der Waals surface area contributed by atoms with Crippen LogP contribution in [0, 0.1) is 5.92 Å². The minimum absolute atomic E-state index is 0.118. The van der Waals surface area contributed by atoms with Gasteiger partial charge in [0.1, 0.15) is 6.61 Å². The minimum atomic E-state index is -0.581. The first-order valence-electron chi connectivity index (χ1n) is 9.38. The van der Waals surface area contributed by atoms with Crippen molar-refractivity contribution in [3.8, 4) is 11.5 Å². The van der Waals surface area contributed by atoms with Gasteiger partial charge in [-0.25, -0.2) is 4.79 Å². The third-order valence-corrected chi connectivity index (χ3v) is 4.69. The molecule has 1 aliphatic carbocycles. The van der Waals surface area contributed by atoms with Gasteiger partial charge in [0.15, 0.2) is 18.1 Å². The number of carbonyl (C=O) groups is 2. The first kappa shape index (κ1) is 19.7. The Balaban J connectivity index is 1.54. The van der Waals surface area contributed by atoms with Crippen molar-refractivity contribution < 1.29 is 23.8 Å². The molecule has 1 aliphatic rings. The lowest BCUT2D eigenvalue weighted by atomic mass is 10.2. The lowest BCUT2D eigenvalue weighted by Gasteiger charge is -2.14. The van der Waals surface area contributed by atoms with Gasteiger partial charge in [0.05, 0.1) is 12.7 Å². The van der Waals surface area contributed by atoms with E-state index in [0.717, 1.165) is 18.4 Å². The predicted octanol–water partition coefficient (Wildman–Crippen LogP) is 3.35. The summed E-state index contributed by atoms with van der Waals surface area (Å²) in [5, 5.41) is 2.85. The predicted molar refractivity (Wildman–Crippen MR) is 104 cm³/mol. The molecule has 3 rings (SSSR count). The Morgan fingerprint density at radius 1 is 1.11 bits per heavy atom. The summed E-state index contributed by atoms with van der Waals surface area (Å²) in [6.07, 6.45) is 2.28. The van der Waals surface area contributed by atoms with Crippen molar-refractivity contribution in [2.75, 3.05) is 13.7 Å². The average Bonchev–Trinajstić information content (AvgIpc) is 3.56. The summed E-state index contributed by atoms with van der Waals surface area (Å²) in [6, 6.07) is 14.7. The van der Waals surface area contributed by atoms with Crippen molar-refractivity contribution in [2.24, 2.45) is 5.92 Å². The van der Waals surface area contributed by atoms with Crippen molar-refractivity contribution in [3.63, 3.8) is 0 Å². The zero-order chi connectivity index (χ0) is 19.9. The van der Waals surface area contributed by atoms with E-state index in [2.05, 4.69) is 5.32 Å². The van der Waals surface area contributed by atoms with Gasteiger partial charge < -0.3 is 19.5 Å². The lowest BCUT2D eigenvalue weighted by molar-refractivity contribution is -0.124. The lowest BCUT2D eigenvalue weighted by Crippen LogP contribution is -2.37. The molecule has 6 heteroatoms. The maximum Gasteiger partial charge on any atom is 0.338 e. The monoisotopic (exact) mass is 383 g/mol. The highest BCUT2D eigenvalue weighted by Crippen LogP contribution is 2.32. The molecular weight excluding hydrogens is 358 g/mol. The SMILES string of the molecule is COc1cc(C(=O)OCC(=O)N[C@H](C)C2CC2)ccc1OCc1ccccc1. The molecule has 0 spiro atoms. The molecule has 0 heterocycles. The molecule has 1 saturated carbocycles. The number of rotatable bonds is 9. The van der Waals surface area contributed by atoms with Gasteiger partial charge in [-0.1, -0.05) is 30.3 Å². The van der Waals surface area contributed by atoms with Crippen LogP contribution in [0.2, 0.25) is 0 Å². The summed E-state index contributed by atoms with van der Waals surface area (Å²) in [5.41, 5.74) is 1.33. The van der Waals surface area contributed by atoms with Gasteiger partial charge in [-0.3, -0.25) is 4.79 Å². The Hall–Kier alpha value is -3.02. The van der Waals surface area contributed by atoms with Crippen molar-refractivity contribution in [1.82, 2.24) is 5.32 Å². The van der Waals surface area contributed by atoms with E-state index >= 15 is 0 Å². The molecule has 0 unspecified atom stereocenters. The Morgan fingerprint density at radius 2 is 1.86 bits per heavy atom. The Morgan fingerprint density at radius 3 is 2.54 bits per heavy atom. The number of hydrogen-bond acceptors (Lipinski definition) is 5. The van der Waals surface area contributed by atoms with Gasteiger partial charge in [-0.2, -0.15) is 0 Å². The molecule has 6 nitrogen and oxygen atoms in total. The number of amides is 1. The molecule has 1 fully saturated rings. The van der Waals surface area contributed by atoms with Gasteiger partial charge >= 0.3 is 5.97 Å². The van der Waals surface area contributed by atoms with Crippen LogP contribution in [0.4, 0.5) is 0 Å². The van der Waals surface area contributed by atoms with E-state index in [1.54, 1.807) is 18.2 Å². The molecule has 28 heavy (non-hydrogen) atoms. The van der Waals surface area contributed by atoms with E-state index in [9.17, 15) is 9.59 Å². The fourth-order valence-corrected chi connectivity index (χ4v) is 2.87. The Bertz CT molecular complexity index is 817. The molecule has 1 amide bonds. The fourth-order valence-electron chi connectivity index (χ4n) is 2.87. The van der Waals surface area contributed by atoms with Gasteiger partial charge in [-0.05, 0) is 49.4 Å². The molecule has 2 aromatic rings. The van der Waals surface area contributed by atoms with E-state index in [0.29, 0.717) is 29.6 Å². The normalized spacial score (nSPS) is 14.1. The molecule has 0 aromatic heterocycles. The van der Waals surface area contributed by atoms with Crippen LogP contribution in [0.25, 0.3) is 0 Å². The summed E-state index contributed by atoms with van der Waals surface area (Å²) >= 11 is 0. The van der Waals surface area contributed by atoms with Crippen LogP contribution in [-0.2, 0) is 16.1 Å². The Labute approximate surface area is 164 Å². The number of ether oxygens (including phenoxy) is 3. The molecule has 2 aromatic carbocycles. The summed E-state index contributed by atoms with van der Waals surface area (Å²) in [4.78, 5) is 24.1. The topological polar surface area (TPSA) is 73.9 Å². The average molecular weight is 383 g/mol. The van der Waals surface area contributed by atoms with Crippen molar-refractivity contribution in [3.05, 3.63) is 59.7 Å². The molecule has 0 bridgehead atoms. The molecule has 148 valence electrons. The van der Waals surface area contributed by atoms with Crippen LogP contribution in [0.3, 0.4) is 0 Å². The maximum absolute atomic E-state index is 12.2. The molecular formula is C22H25NO5. The molecule has 0 radical (unpaired) electrons. The molecule has 1 N–H and O–H groups in total. The highest BCUT2D eigenvalue weighted by Gasteiger charge is 2.29. The second kappa shape index (κ2) is 9.26. The zero-order valence-corrected chi connectivity index (χ0v) is 16.1. The highest BCUT2D eigenvalue weighted by atomic mass is 16.5. The van der Waals surface area contributed by atoms with Gasteiger partial charge in [0.25, 0.3) is 5.91 Å². The number of benzene rings is 2. The number of esters is 1. The van der Waals surface area contributed by atoms with E-state index in [-0.39, 0.29) is 18.6 Å². The number of hydrogen-bond donors (Lipinski definition) is 1. The van der Waals surface area contributed by atoms with Crippen LogP contribution >= 0.6 is 0 Å².